The zero-order chi connectivity index (χ0) is 28.5. The minimum absolute atomic E-state index is 0.0694. The number of anilines is 2. The van der Waals surface area contributed by atoms with E-state index >= 15 is 0 Å². The maximum Gasteiger partial charge on any atom is 0.243 e. The van der Waals surface area contributed by atoms with Gasteiger partial charge >= 0.3 is 0 Å². The Morgan fingerprint density at radius 1 is 0.850 bits per heavy atom. The second kappa shape index (κ2) is 13.6. The van der Waals surface area contributed by atoms with Gasteiger partial charge in [0.25, 0.3) is 0 Å². The van der Waals surface area contributed by atoms with Gasteiger partial charge in [-0.25, -0.2) is 0 Å². The lowest BCUT2D eigenvalue weighted by Gasteiger charge is -2.25. The lowest BCUT2D eigenvalue weighted by molar-refractivity contribution is -0.131. The molecule has 2 heterocycles. The van der Waals surface area contributed by atoms with E-state index in [4.69, 9.17) is 17.3 Å². The first-order valence-electron chi connectivity index (χ1n) is 12.9. The van der Waals surface area contributed by atoms with Crippen LogP contribution in [0.3, 0.4) is 0 Å². The van der Waals surface area contributed by atoms with Crippen molar-refractivity contribution in [1.29, 1.82) is 0 Å². The average molecular weight is 567 g/mol. The first-order valence-corrected chi connectivity index (χ1v) is 13.3. The summed E-state index contributed by atoms with van der Waals surface area (Å²) < 4.78 is 0. The van der Waals surface area contributed by atoms with Crippen molar-refractivity contribution >= 4 is 41.2 Å². The molecule has 4 rings (SSSR count). The monoisotopic (exact) mass is 566 g/mol. The number of carbonyl (C=O) groups excluding carboxylic acids is 3. The lowest BCUT2D eigenvalue weighted by atomic mass is 10.0. The van der Waals surface area contributed by atoms with Gasteiger partial charge in [0.1, 0.15) is 23.9 Å². The Balaban J connectivity index is 1.68. The fourth-order valence-corrected chi connectivity index (χ4v) is 4.45. The molecule has 0 aliphatic carbocycles. The van der Waals surface area contributed by atoms with Crippen LogP contribution in [0.25, 0.3) is 0 Å². The van der Waals surface area contributed by atoms with Gasteiger partial charge in [0.05, 0.1) is 0 Å². The van der Waals surface area contributed by atoms with E-state index < -0.39 is 35.8 Å². The molecule has 12 nitrogen and oxygen atoms in total. The van der Waals surface area contributed by atoms with Crippen molar-refractivity contribution in [2.45, 2.75) is 50.2 Å². The van der Waals surface area contributed by atoms with Crippen LogP contribution in [0.1, 0.15) is 30.4 Å². The number of hydrogen-bond acceptors (Lipinski definition) is 9. The van der Waals surface area contributed by atoms with Crippen LogP contribution in [0.15, 0.2) is 54.6 Å². The van der Waals surface area contributed by atoms with Crippen molar-refractivity contribution < 1.29 is 19.5 Å². The minimum atomic E-state index is -1.01. The zero-order valence-corrected chi connectivity index (χ0v) is 22.4. The minimum Gasteiger partial charge on any atom is -0.508 e. The fraction of sp³-hybridized carbons (Fsp3) is 0.333. The predicted octanol–water partition coefficient (Wildman–Crippen LogP) is 1.55. The summed E-state index contributed by atoms with van der Waals surface area (Å²) in [6.45, 7) is 0.466. The van der Waals surface area contributed by atoms with Gasteiger partial charge in [-0.2, -0.15) is 15.0 Å². The molecule has 0 fully saturated rings. The number of benzene rings is 2. The molecular formula is C27H31ClN8O4. The number of aromatic nitrogens is 3. The number of nitrogens with one attached hydrogen (secondary N) is 4. The van der Waals surface area contributed by atoms with Gasteiger partial charge in [0.15, 0.2) is 0 Å². The molecule has 1 aliphatic rings. The highest BCUT2D eigenvalue weighted by molar-refractivity contribution is 6.28. The number of phenols is 1. The Kier molecular flexibility index (Phi) is 9.68. The second-order valence-electron chi connectivity index (χ2n) is 9.46. The summed E-state index contributed by atoms with van der Waals surface area (Å²) in [6.07, 6.45) is 1.89. The number of fused-ring (bicyclic) bond motifs is 2. The van der Waals surface area contributed by atoms with Crippen LogP contribution in [0.4, 0.5) is 11.9 Å². The van der Waals surface area contributed by atoms with Crippen LogP contribution >= 0.6 is 11.6 Å². The van der Waals surface area contributed by atoms with E-state index in [1.807, 2.05) is 30.3 Å². The Morgan fingerprint density at radius 3 is 2.17 bits per heavy atom. The van der Waals surface area contributed by atoms with Gasteiger partial charge in [-0.05, 0) is 54.1 Å². The number of rotatable bonds is 5. The van der Waals surface area contributed by atoms with Crippen LogP contribution in [0.5, 0.6) is 5.75 Å². The first kappa shape index (κ1) is 28.6. The van der Waals surface area contributed by atoms with E-state index in [9.17, 15) is 19.5 Å². The number of amides is 3. The molecule has 0 unspecified atom stereocenters. The Bertz CT molecular complexity index is 1330. The predicted molar refractivity (Wildman–Crippen MR) is 150 cm³/mol. The normalized spacial score (nSPS) is 20.4. The highest BCUT2D eigenvalue weighted by Gasteiger charge is 2.29. The molecule has 3 atom stereocenters. The topological polar surface area (TPSA) is 184 Å². The SMILES string of the molecule is NC(=O)[C@H]1CCCCNc2nc(Cl)nc(n2)N[C@@H](Cc2ccc(O)cc2)C(=O)N[C@@H](Cc2ccccc2)C(=O)N1. The van der Waals surface area contributed by atoms with Crippen LogP contribution in [0, 0.1) is 0 Å². The van der Waals surface area contributed by atoms with E-state index in [1.54, 1.807) is 12.1 Å². The number of nitrogens with zero attached hydrogens (tertiary/aromatic N) is 3. The molecule has 3 aromatic rings. The molecule has 0 spiro atoms. The maximum atomic E-state index is 13.7. The van der Waals surface area contributed by atoms with Crippen molar-refractivity contribution in [3.05, 3.63) is 71.0 Å². The fourth-order valence-electron chi connectivity index (χ4n) is 4.29. The maximum absolute atomic E-state index is 13.7. The van der Waals surface area contributed by atoms with E-state index in [0.717, 1.165) is 11.1 Å². The van der Waals surface area contributed by atoms with Crippen molar-refractivity contribution in [1.82, 2.24) is 25.6 Å². The van der Waals surface area contributed by atoms with Gasteiger partial charge in [-0.1, -0.05) is 42.5 Å². The first-order chi connectivity index (χ1) is 19.3. The van der Waals surface area contributed by atoms with Gasteiger partial charge < -0.3 is 32.1 Å². The van der Waals surface area contributed by atoms with Gasteiger partial charge in [0.2, 0.25) is 34.9 Å². The number of halogens is 1. The third kappa shape index (κ3) is 8.27. The Hall–Kier alpha value is -4.45. The van der Waals surface area contributed by atoms with Gasteiger partial charge in [0, 0.05) is 19.4 Å². The lowest BCUT2D eigenvalue weighted by Crippen LogP contribution is -2.56. The highest BCUT2D eigenvalue weighted by Crippen LogP contribution is 2.16. The number of aromatic hydroxyl groups is 1. The summed E-state index contributed by atoms with van der Waals surface area (Å²) in [5, 5.41) is 21.2. The molecule has 13 heteroatoms. The largest absolute Gasteiger partial charge is 0.508 e. The number of hydrogen-bond donors (Lipinski definition) is 6. The molecular weight excluding hydrogens is 536 g/mol. The molecule has 3 amide bonds. The quantitative estimate of drug-likeness (QED) is 0.266. The molecule has 210 valence electrons. The molecule has 1 aliphatic heterocycles. The van der Waals surface area contributed by atoms with E-state index in [1.165, 1.54) is 12.1 Å². The molecule has 2 aromatic carbocycles. The molecule has 40 heavy (non-hydrogen) atoms. The summed E-state index contributed by atoms with van der Waals surface area (Å²) in [6, 6.07) is 12.8. The smallest absolute Gasteiger partial charge is 0.243 e. The zero-order valence-electron chi connectivity index (χ0n) is 21.6. The molecule has 1 aromatic heterocycles. The Labute approximate surface area is 236 Å². The van der Waals surface area contributed by atoms with Crippen LogP contribution in [-0.2, 0) is 27.2 Å². The van der Waals surface area contributed by atoms with Crippen molar-refractivity contribution in [3.63, 3.8) is 0 Å². The highest BCUT2D eigenvalue weighted by atomic mass is 35.5. The number of phenolic OH excluding ortho intramolecular Hbond substituents is 1. The molecule has 0 radical (unpaired) electrons. The van der Waals surface area contributed by atoms with Crippen molar-refractivity contribution in [2.75, 3.05) is 17.2 Å². The molecule has 7 N–H and O–H groups in total. The Morgan fingerprint density at radius 2 is 1.48 bits per heavy atom. The van der Waals surface area contributed by atoms with E-state index in [-0.39, 0.29) is 35.8 Å². The average Bonchev–Trinajstić information content (AvgIpc) is 2.92. The van der Waals surface area contributed by atoms with E-state index in [0.29, 0.717) is 25.8 Å². The van der Waals surface area contributed by atoms with Crippen LogP contribution < -0.4 is 27.0 Å². The summed E-state index contributed by atoms with van der Waals surface area (Å²) in [7, 11) is 0. The summed E-state index contributed by atoms with van der Waals surface area (Å²) in [5.74, 6) is -1.32. The number of nitrogens with two attached hydrogens (primary N) is 1. The third-order valence-electron chi connectivity index (χ3n) is 6.38. The molecule has 0 saturated heterocycles. The molecule has 0 saturated carbocycles. The van der Waals surface area contributed by atoms with Crippen LogP contribution in [0.2, 0.25) is 5.28 Å². The summed E-state index contributed by atoms with van der Waals surface area (Å²) >= 11 is 6.14. The number of carbonyl (C=O) groups is 3. The van der Waals surface area contributed by atoms with Crippen molar-refractivity contribution in [3.8, 4) is 5.75 Å². The third-order valence-corrected chi connectivity index (χ3v) is 6.55. The van der Waals surface area contributed by atoms with Crippen LogP contribution in [-0.4, -0.2) is 62.5 Å². The van der Waals surface area contributed by atoms with Gasteiger partial charge in [-0.15, -0.1) is 0 Å². The second-order valence-corrected chi connectivity index (χ2v) is 9.79. The standard InChI is InChI=1S/C27H31ClN8O4/c28-25-34-26-30-13-5-4-8-19(22(29)38)31-23(39)20(14-16-6-2-1-3-7-16)32-24(40)21(33-27(35-25)36-26)15-17-9-11-18(37)12-10-17/h1-3,6-7,9-12,19-21,37H,4-5,8,13-15H2,(H2,29,38)(H,31,39)(H,32,40)(H2,30,33,34,35,36)/t19-,20+,21+/m1/s1. The van der Waals surface area contributed by atoms with Crippen molar-refractivity contribution in [2.24, 2.45) is 5.73 Å². The van der Waals surface area contributed by atoms with E-state index in [2.05, 4.69) is 36.2 Å². The molecule has 2 bridgehead atoms. The van der Waals surface area contributed by atoms with Gasteiger partial charge in [-0.3, -0.25) is 14.4 Å². The summed E-state index contributed by atoms with van der Waals surface area (Å²) in [4.78, 5) is 51.8. The summed E-state index contributed by atoms with van der Waals surface area (Å²) in [5.41, 5.74) is 7.14. The number of primary amides is 1.